The van der Waals surface area contributed by atoms with Crippen molar-refractivity contribution in [2.75, 3.05) is 13.7 Å². The van der Waals surface area contributed by atoms with Crippen LogP contribution < -0.4 is 15.2 Å². The van der Waals surface area contributed by atoms with Gasteiger partial charge in [0.25, 0.3) is 0 Å². The first-order valence-electron chi connectivity index (χ1n) is 6.22. The predicted molar refractivity (Wildman–Crippen MR) is 72.6 cm³/mol. The fourth-order valence-electron chi connectivity index (χ4n) is 1.56. The van der Waals surface area contributed by atoms with E-state index in [1.807, 2.05) is 0 Å². The van der Waals surface area contributed by atoms with Gasteiger partial charge < -0.3 is 20.3 Å². The lowest BCUT2D eigenvalue weighted by Gasteiger charge is -2.14. The lowest BCUT2D eigenvalue weighted by Crippen LogP contribution is -2.32. The summed E-state index contributed by atoms with van der Waals surface area (Å²) in [5.74, 6) is 0.656. The number of nitrogens with two attached hydrogens (primary N) is 1. The second kappa shape index (κ2) is 6.99. The summed E-state index contributed by atoms with van der Waals surface area (Å²) in [7, 11) is 1.55. The quantitative estimate of drug-likeness (QED) is 0.785. The molecule has 0 aliphatic carbocycles. The van der Waals surface area contributed by atoms with Gasteiger partial charge in [0, 0.05) is 0 Å². The molecule has 0 fully saturated rings. The van der Waals surface area contributed by atoms with Crippen LogP contribution in [-0.4, -0.2) is 30.8 Å². The number of rotatable bonds is 7. The minimum absolute atomic E-state index is 0.260. The fourth-order valence-corrected chi connectivity index (χ4v) is 1.56. The van der Waals surface area contributed by atoms with Crippen molar-refractivity contribution in [1.82, 2.24) is 0 Å². The second-order valence-electron chi connectivity index (χ2n) is 4.84. The number of benzene rings is 1. The van der Waals surface area contributed by atoms with Crippen LogP contribution in [0, 0.1) is 5.92 Å². The summed E-state index contributed by atoms with van der Waals surface area (Å²) < 4.78 is 10.9. The molecule has 3 N–H and O–H groups in total. The third kappa shape index (κ3) is 4.79. The number of carboxylic acid groups (broad SMARTS) is 1. The van der Waals surface area contributed by atoms with Crippen LogP contribution in [0.2, 0.25) is 0 Å². The standard InChI is InChI=1S/C14H21NO4/c1-9(2)8-19-12-5-4-10(7-13(12)18-3)6-11(15)14(16)17/h4-5,7,9,11H,6,8,15H2,1-3H3,(H,16,17). The third-order valence-electron chi connectivity index (χ3n) is 2.57. The number of ether oxygens (including phenoxy) is 2. The molecule has 1 aromatic carbocycles. The summed E-state index contributed by atoms with van der Waals surface area (Å²) in [4.78, 5) is 10.7. The maximum Gasteiger partial charge on any atom is 0.320 e. The van der Waals surface area contributed by atoms with E-state index in [-0.39, 0.29) is 6.42 Å². The summed E-state index contributed by atoms with van der Waals surface area (Å²) in [6.45, 7) is 4.73. The van der Waals surface area contributed by atoms with E-state index in [9.17, 15) is 4.79 Å². The van der Waals surface area contributed by atoms with Crippen LogP contribution in [-0.2, 0) is 11.2 Å². The van der Waals surface area contributed by atoms with E-state index in [0.29, 0.717) is 24.0 Å². The van der Waals surface area contributed by atoms with Crippen LogP contribution in [0.4, 0.5) is 0 Å². The Bertz CT molecular complexity index is 431. The van der Waals surface area contributed by atoms with Gasteiger partial charge in [0.2, 0.25) is 0 Å². The lowest BCUT2D eigenvalue weighted by molar-refractivity contribution is -0.138. The highest BCUT2D eigenvalue weighted by Crippen LogP contribution is 2.28. The van der Waals surface area contributed by atoms with E-state index < -0.39 is 12.0 Å². The third-order valence-corrected chi connectivity index (χ3v) is 2.57. The Morgan fingerprint density at radius 3 is 2.58 bits per heavy atom. The molecule has 106 valence electrons. The van der Waals surface area contributed by atoms with E-state index in [0.717, 1.165) is 5.56 Å². The first-order valence-corrected chi connectivity index (χ1v) is 6.22. The molecule has 0 aliphatic rings. The first-order chi connectivity index (χ1) is 8.93. The van der Waals surface area contributed by atoms with E-state index >= 15 is 0 Å². The van der Waals surface area contributed by atoms with Crippen molar-refractivity contribution in [2.24, 2.45) is 11.7 Å². The Labute approximate surface area is 113 Å². The maximum absolute atomic E-state index is 10.7. The van der Waals surface area contributed by atoms with Crippen molar-refractivity contribution >= 4 is 5.97 Å². The van der Waals surface area contributed by atoms with Gasteiger partial charge in [-0.25, -0.2) is 0 Å². The second-order valence-corrected chi connectivity index (χ2v) is 4.84. The average Bonchev–Trinajstić information content (AvgIpc) is 2.36. The topological polar surface area (TPSA) is 81.8 Å². The first kappa shape index (κ1) is 15.3. The Hall–Kier alpha value is -1.75. The predicted octanol–water partition coefficient (Wildman–Crippen LogP) is 1.68. The van der Waals surface area contributed by atoms with Gasteiger partial charge in [0.05, 0.1) is 13.7 Å². The van der Waals surface area contributed by atoms with Crippen molar-refractivity contribution in [3.63, 3.8) is 0 Å². The zero-order chi connectivity index (χ0) is 14.4. The van der Waals surface area contributed by atoms with Crippen LogP contribution in [0.3, 0.4) is 0 Å². The average molecular weight is 267 g/mol. The van der Waals surface area contributed by atoms with E-state index in [1.54, 1.807) is 25.3 Å². The SMILES string of the molecule is COc1cc(CC(N)C(=O)O)ccc1OCC(C)C. The van der Waals surface area contributed by atoms with Crippen molar-refractivity contribution < 1.29 is 19.4 Å². The van der Waals surface area contributed by atoms with Gasteiger partial charge in [-0.2, -0.15) is 0 Å². The Kier molecular flexibility index (Phi) is 5.63. The zero-order valence-electron chi connectivity index (χ0n) is 11.6. The molecule has 0 bridgehead atoms. The summed E-state index contributed by atoms with van der Waals surface area (Å²) >= 11 is 0. The van der Waals surface area contributed by atoms with Crippen molar-refractivity contribution in [3.05, 3.63) is 23.8 Å². The molecule has 1 atom stereocenters. The molecule has 1 rings (SSSR count). The molecule has 19 heavy (non-hydrogen) atoms. The van der Waals surface area contributed by atoms with Crippen LogP contribution in [0.5, 0.6) is 11.5 Å². The van der Waals surface area contributed by atoms with Gasteiger partial charge in [-0.05, 0) is 30.0 Å². The summed E-state index contributed by atoms with van der Waals surface area (Å²) in [5, 5.41) is 8.79. The number of methoxy groups -OCH3 is 1. The molecule has 0 aromatic heterocycles. The molecule has 0 saturated heterocycles. The van der Waals surface area contributed by atoms with Crippen molar-refractivity contribution in [3.8, 4) is 11.5 Å². The van der Waals surface area contributed by atoms with Crippen LogP contribution in [0.15, 0.2) is 18.2 Å². The molecule has 0 radical (unpaired) electrons. The van der Waals surface area contributed by atoms with Crippen LogP contribution in [0.25, 0.3) is 0 Å². The van der Waals surface area contributed by atoms with Gasteiger partial charge >= 0.3 is 5.97 Å². The minimum atomic E-state index is -1.01. The molecule has 1 aromatic rings. The number of aliphatic carboxylic acids is 1. The molecule has 1 unspecified atom stereocenters. The maximum atomic E-state index is 10.7. The molecule has 0 spiro atoms. The Balaban J connectivity index is 2.80. The smallest absolute Gasteiger partial charge is 0.320 e. The summed E-state index contributed by atoms with van der Waals surface area (Å²) in [6.07, 6.45) is 0.260. The van der Waals surface area contributed by atoms with Gasteiger partial charge in [-0.3, -0.25) is 4.79 Å². The molecule has 5 heteroatoms. The summed E-state index contributed by atoms with van der Waals surface area (Å²) in [5.41, 5.74) is 6.31. The molecular weight excluding hydrogens is 246 g/mol. The minimum Gasteiger partial charge on any atom is -0.493 e. The van der Waals surface area contributed by atoms with Gasteiger partial charge in [-0.15, -0.1) is 0 Å². The summed E-state index contributed by atoms with van der Waals surface area (Å²) in [6, 6.07) is 4.44. The van der Waals surface area contributed by atoms with Crippen molar-refractivity contribution in [1.29, 1.82) is 0 Å². The number of hydrogen-bond donors (Lipinski definition) is 2. The molecule has 5 nitrogen and oxygen atoms in total. The molecule has 0 amide bonds. The van der Waals surface area contributed by atoms with Crippen molar-refractivity contribution in [2.45, 2.75) is 26.3 Å². The Morgan fingerprint density at radius 1 is 1.37 bits per heavy atom. The van der Waals surface area contributed by atoms with Gasteiger partial charge in [0.1, 0.15) is 6.04 Å². The number of carboxylic acids is 1. The van der Waals surface area contributed by atoms with Crippen LogP contribution >= 0.6 is 0 Å². The van der Waals surface area contributed by atoms with Gasteiger partial charge in [-0.1, -0.05) is 19.9 Å². The zero-order valence-corrected chi connectivity index (χ0v) is 11.6. The fraction of sp³-hybridized carbons (Fsp3) is 0.500. The van der Waals surface area contributed by atoms with E-state index in [1.165, 1.54) is 0 Å². The molecule has 0 heterocycles. The number of hydrogen-bond acceptors (Lipinski definition) is 4. The Morgan fingerprint density at radius 2 is 2.05 bits per heavy atom. The highest BCUT2D eigenvalue weighted by Gasteiger charge is 2.14. The lowest BCUT2D eigenvalue weighted by atomic mass is 10.1. The van der Waals surface area contributed by atoms with Gasteiger partial charge in [0.15, 0.2) is 11.5 Å². The highest BCUT2D eigenvalue weighted by atomic mass is 16.5. The van der Waals surface area contributed by atoms with E-state index in [4.69, 9.17) is 20.3 Å². The monoisotopic (exact) mass is 267 g/mol. The van der Waals surface area contributed by atoms with Crippen LogP contribution in [0.1, 0.15) is 19.4 Å². The normalized spacial score (nSPS) is 12.3. The largest absolute Gasteiger partial charge is 0.493 e. The molecule has 0 aliphatic heterocycles. The molecular formula is C14H21NO4. The highest BCUT2D eigenvalue weighted by molar-refractivity contribution is 5.73. The number of carbonyl (C=O) groups is 1. The van der Waals surface area contributed by atoms with E-state index in [2.05, 4.69) is 13.8 Å². The molecule has 0 saturated carbocycles.